The molecular formula is C13H17FO3. The maximum Gasteiger partial charge on any atom is 0.163 e. The smallest absolute Gasteiger partial charge is 0.163 e. The number of rotatable bonds is 6. The first kappa shape index (κ1) is 13.6. The van der Waals surface area contributed by atoms with E-state index >= 15 is 0 Å². The van der Waals surface area contributed by atoms with E-state index in [2.05, 4.69) is 0 Å². The summed E-state index contributed by atoms with van der Waals surface area (Å²) in [6.45, 7) is 3.85. The third-order valence-corrected chi connectivity index (χ3v) is 2.38. The Morgan fingerprint density at radius 2 is 2.18 bits per heavy atom. The van der Waals surface area contributed by atoms with E-state index in [1.165, 1.54) is 25.1 Å². The highest BCUT2D eigenvalue weighted by atomic mass is 19.1. The van der Waals surface area contributed by atoms with Gasteiger partial charge < -0.3 is 9.47 Å². The van der Waals surface area contributed by atoms with E-state index in [-0.39, 0.29) is 11.9 Å². The number of benzene rings is 1. The molecule has 1 atom stereocenters. The van der Waals surface area contributed by atoms with E-state index in [1.807, 2.05) is 6.92 Å². The largest absolute Gasteiger partial charge is 0.490 e. The fourth-order valence-electron chi connectivity index (χ4n) is 1.44. The molecule has 1 unspecified atom stereocenters. The molecule has 0 aliphatic heterocycles. The fourth-order valence-corrected chi connectivity index (χ4v) is 1.44. The molecule has 0 spiro atoms. The summed E-state index contributed by atoms with van der Waals surface area (Å²) in [7, 11) is 1.61. The second kappa shape index (κ2) is 6.35. The molecular weight excluding hydrogens is 223 g/mol. The average Bonchev–Trinajstić information content (AvgIpc) is 2.26. The van der Waals surface area contributed by atoms with Crippen molar-refractivity contribution in [3.8, 4) is 5.75 Å². The van der Waals surface area contributed by atoms with Crippen LogP contribution in [-0.4, -0.2) is 25.6 Å². The quantitative estimate of drug-likeness (QED) is 0.717. The van der Waals surface area contributed by atoms with E-state index in [0.717, 1.165) is 0 Å². The summed E-state index contributed by atoms with van der Waals surface area (Å²) >= 11 is 0. The van der Waals surface area contributed by atoms with Gasteiger partial charge in [-0.05, 0) is 26.0 Å². The van der Waals surface area contributed by atoms with Gasteiger partial charge >= 0.3 is 0 Å². The number of methoxy groups -OCH3 is 1. The van der Waals surface area contributed by atoms with Crippen LogP contribution in [0.4, 0.5) is 4.39 Å². The van der Waals surface area contributed by atoms with Crippen molar-refractivity contribution < 1.29 is 18.7 Å². The number of halogens is 1. The lowest BCUT2D eigenvalue weighted by Crippen LogP contribution is -2.16. The van der Waals surface area contributed by atoms with Gasteiger partial charge in [-0.2, -0.15) is 0 Å². The number of carbonyl (C=O) groups excluding carboxylic acids is 1. The van der Waals surface area contributed by atoms with Crippen LogP contribution in [0.5, 0.6) is 5.75 Å². The van der Waals surface area contributed by atoms with Gasteiger partial charge in [-0.15, -0.1) is 0 Å². The zero-order valence-electron chi connectivity index (χ0n) is 10.3. The number of ketones is 1. The zero-order valence-corrected chi connectivity index (χ0v) is 10.3. The maximum atomic E-state index is 13.1. The minimum absolute atomic E-state index is 0.130. The van der Waals surface area contributed by atoms with Crippen molar-refractivity contribution in [2.24, 2.45) is 0 Å². The Morgan fingerprint density at radius 3 is 2.76 bits per heavy atom. The van der Waals surface area contributed by atoms with Crippen LogP contribution >= 0.6 is 0 Å². The van der Waals surface area contributed by atoms with Gasteiger partial charge in [0.15, 0.2) is 5.78 Å². The molecule has 0 fully saturated rings. The summed E-state index contributed by atoms with van der Waals surface area (Å²) < 4.78 is 23.6. The molecule has 0 saturated carbocycles. The molecule has 17 heavy (non-hydrogen) atoms. The first-order chi connectivity index (χ1) is 8.04. The normalized spacial score (nSPS) is 12.2. The highest BCUT2D eigenvalue weighted by molar-refractivity contribution is 5.96. The van der Waals surface area contributed by atoms with Crippen molar-refractivity contribution in [3.63, 3.8) is 0 Å². The highest BCUT2D eigenvalue weighted by Crippen LogP contribution is 2.22. The van der Waals surface area contributed by atoms with Crippen LogP contribution in [0.1, 0.15) is 30.6 Å². The second-order valence-electron chi connectivity index (χ2n) is 3.91. The Labute approximate surface area is 101 Å². The van der Waals surface area contributed by atoms with E-state index in [4.69, 9.17) is 9.47 Å². The predicted molar refractivity (Wildman–Crippen MR) is 63.0 cm³/mol. The number of ether oxygens (including phenoxy) is 2. The van der Waals surface area contributed by atoms with Crippen molar-refractivity contribution in [2.45, 2.75) is 26.4 Å². The maximum absolute atomic E-state index is 13.1. The van der Waals surface area contributed by atoms with Crippen LogP contribution in [0.15, 0.2) is 18.2 Å². The summed E-state index contributed by atoms with van der Waals surface area (Å²) in [4.78, 5) is 11.3. The lowest BCUT2D eigenvalue weighted by molar-refractivity contribution is 0.100. The SMILES string of the molecule is COCCC(C)Oc1cc(F)ccc1C(C)=O. The number of Topliss-reactive ketones (excluding diaryl/α,β-unsaturated/α-hetero) is 1. The van der Waals surface area contributed by atoms with Crippen LogP contribution in [0.3, 0.4) is 0 Å². The van der Waals surface area contributed by atoms with Crippen molar-refractivity contribution in [2.75, 3.05) is 13.7 Å². The zero-order chi connectivity index (χ0) is 12.8. The van der Waals surface area contributed by atoms with Crippen molar-refractivity contribution >= 4 is 5.78 Å². The third-order valence-electron chi connectivity index (χ3n) is 2.38. The summed E-state index contributed by atoms with van der Waals surface area (Å²) in [5.41, 5.74) is 0.399. The van der Waals surface area contributed by atoms with Gasteiger partial charge in [0.05, 0.1) is 11.7 Å². The van der Waals surface area contributed by atoms with E-state index in [1.54, 1.807) is 7.11 Å². The Kier molecular flexibility index (Phi) is 5.10. The molecule has 0 aromatic heterocycles. The van der Waals surface area contributed by atoms with Gasteiger partial charge in [0.2, 0.25) is 0 Å². The predicted octanol–water partition coefficient (Wildman–Crippen LogP) is 2.83. The Hall–Kier alpha value is -1.42. The van der Waals surface area contributed by atoms with Gasteiger partial charge in [-0.3, -0.25) is 4.79 Å². The monoisotopic (exact) mass is 240 g/mol. The first-order valence-corrected chi connectivity index (χ1v) is 5.50. The van der Waals surface area contributed by atoms with Gasteiger partial charge in [0.1, 0.15) is 11.6 Å². The van der Waals surface area contributed by atoms with Gasteiger partial charge in [-0.1, -0.05) is 0 Å². The molecule has 4 heteroatoms. The lowest BCUT2D eigenvalue weighted by atomic mass is 10.1. The summed E-state index contributed by atoms with van der Waals surface area (Å²) in [5, 5.41) is 0. The minimum atomic E-state index is -0.413. The van der Waals surface area contributed by atoms with Crippen molar-refractivity contribution in [1.82, 2.24) is 0 Å². The number of hydrogen-bond donors (Lipinski definition) is 0. The molecule has 0 heterocycles. The fraction of sp³-hybridized carbons (Fsp3) is 0.462. The Morgan fingerprint density at radius 1 is 1.47 bits per heavy atom. The average molecular weight is 240 g/mol. The topological polar surface area (TPSA) is 35.5 Å². The van der Waals surface area contributed by atoms with Crippen LogP contribution in [-0.2, 0) is 4.74 Å². The highest BCUT2D eigenvalue weighted by Gasteiger charge is 2.12. The molecule has 0 bridgehead atoms. The molecule has 94 valence electrons. The molecule has 0 amide bonds. The molecule has 1 rings (SSSR count). The minimum Gasteiger partial charge on any atom is -0.490 e. The molecule has 0 N–H and O–H groups in total. The standard InChI is InChI=1S/C13H17FO3/c1-9(6-7-16-3)17-13-8-11(14)4-5-12(13)10(2)15/h4-5,8-9H,6-7H2,1-3H3. The van der Waals surface area contributed by atoms with Crippen LogP contribution < -0.4 is 4.74 Å². The van der Waals surface area contributed by atoms with Gasteiger partial charge in [0.25, 0.3) is 0 Å². The lowest BCUT2D eigenvalue weighted by Gasteiger charge is -2.16. The summed E-state index contributed by atoms with van der Waals surface area (Å²) in [6, 6.07) is 3.93. The van der Waals surface area contributed by atoms with Crippen molar-refractivity contribution in [3.05, 3.63) is 29.6 Å². The van der Waals surface area contributed by atoms with Gasteiger partial charge in [0, 0.05) is 26.2 Å². The molecule has 1 aromatic rings. The Balaban J connectivity index is 2.81. The van der Waals surface area contributed by atoms with E-state index in [0.29, 0.717) is 24.3 Å². The van der Waals surface area contributed by atoms with Gasteiger partial charge in [-0.25, -0.2) is 4.39 Å². The van der Waals surface area contributed by atoms with Crippen LogP contribution in [0.2, 0.25) is 0 Å². The van der Waals surface area contributed by atoms with E-state index in [9.17, 15) is 9.18 Å². The Bertz CT molecular complexity index is 390. The van der Waals surface area contributed by atoms with Crippen LogP contribution in [0, 0.1) is 5.82 Å². The molecule has 0 aliphatic rings. The third kappa shape index (κ3) is 4.15. The molecule has 0 saturated heterocycles. The van der Waals surface area contributed by atoms with Crippen molar-refractivity contribution in [1.29, 1.82) is 0 Å². The number of hydrogen-bond acceptors (Lipinski definition) is 3. The summed E-state index contributed by atoms with van der Waals surface area (Å²) in [6.07, 6.45) is 0.555. The first-order valence-electron chi connectivity index (χ1n) is 5.50. The molecule has 0 aliphatic carbocycles. The molecule has 3 nitrogen and oxygen atoms in total. The number of carbonyl (C=O) groups is 1. The second-order valence-corrected chi connectivity index (χ2v) is 3.91. The van der Waals surface area contributed by atoms with E-state index < -0.39 is 5.82 Å². The summed E-state index contributed by atoms with van der Waals surface area (Å²) in [5.74, 6) is -0.260. The molecule has 1 aromatic carbocycles. The van der Waals surface area contributed by atoms with Crippen LogP contribution in [0.25, 0.3) is 0 Å². The molecule has 0 radical (unpaired) electrons.